The number of aliphatic hydroxyl groups excluding tert-OH is 1. The van der Waals surface area contributed by atoms with Gasteiger partial charge in [-0.1, -0.05) is 42.5 Å². The number of aromatic nitrogens is 3. The van der Waals surface area contributed by atoms with Crippen LogP contribution in [0.25, 0.3) is 0 Å². The third-order valence-electron chi connectivity index (χ3n) is 8.22. The summed E-state index contributed by atoms with van der Waals surface area (Å²) in [5, 5.41) is 42.1. The van der Waals surface area contributed by atoms with Gasteiger partial charge < -0.3 is 25.0 Å². The van der Waals surface area contributed by atoms with E-state index in [9.17, 15) is 15.5 Å². The van der Waals surface area contributed by atoms with E-state index >= 15 is 0 Å². The molecule has 2 aliphatic rings. The lowest BCUT2D eigenvalue weighted by Gasteiger charge is -2.41. The smallest absolute Gasteiger partial charge is 0.177 e. The van der Waals surface area contributed by atoms with E-state index in [2.05, 4.69) is 21.5 Å². The molecular weight excluding hydrogens is 494 g/mol. The van der Waals surface area contributed by atoms with Crippen LogP contribution in [0.1, 0.15) is 33.9 Å². The zero-order valence-electron chi connectivity index (χ0n) is 21.7. The van der Waals surface area contributed by atoms with E-state index in [0.29, 0.717) is 41.3 Å². The molecule has 3 N–H and O–H groups in total. The molecule has 1 saturated carbocycles. The van der Waals surface area contributed by atoms with E-state index in [-0.39, 0.29) is 0 Å². The van der Waals surface area contributed by atoms with Crippen molar-refractivity contribution in [1.82, 2.24) is 20.1 Å². The third-order valence-corrected chi connectivity index (χ3v) is 8.22. The summed E-state index contributed by atoms with van der Waals surface area (Å²) in [5.74, 6) is -0.266. The first-order valence-corrected chi connectivity index (χ1v) is 12.8. The number of hydrogen-bond donors (Lipinski definition) is 3. The molecule has 1 aliphatic heterocycles. The maximum Gasteiger partial charge on any atom is 0.177 e. The average Bonchev–Trinajstić information content (AvgIpc) is 3.56. The lowest BCUT2D eigenvalue weighted by molar-refractivity contribution is -0.152. The van der Waals surface area contributed by atoms with Gasteiger partial charge in [0.25, 0.3) is 0 Å². The highest BCUT2D eigenvalue weighted by atomic mass is 16.5. The molecule has 2 aromatic heterocycles. The van der Waals surface area contributed by atoms with Crippen molar-refractivity contribution in [2.75, 3.05) is 13.7 Å². The van der Waals surface area contributed by atoms with Crippen molar-refractivity contribution < 1.29 is 19.7 Å². The van der Waals surface area contributed by atoms with Crippen LogP contribution in [0.2, 0.25) is 0 Å². The highest BCUT2D eigenvalue weighted by Crippen LogP contribution is 2.69. The monoisotopic (exact) mass is 523 g/mol. The van der Waals surface area contributed by atoms with Crippen molar-refractivity contribution in [1.29, 1.82) is 5.26 Å². The Labute approximate surface area is 226 Å². The molecule has 0 amide bonds. The van der Waals surface area contributed by atoms with Crippen LogP contribution < -0.4 is 14.8 Å². The average molecular weight is 524 g/mol. The largest absolute Gasteiger partial charge is 0.495 e. The molecule has 0 bridgehead atoms. The van der Waals surface area contributed by atoms with Crippen LogP contribution in [0, 0.1) is 17.2 Å². The van der Waals surface area contributed by atoms with Gasteiger partial charge in [0.2, 0.25) is 0 Å². The van der Waals surface area contributed by atoms with Crippen molar-refractivity contribution in [2.24, 2.45) is 13.0 Å². The number of pyridine rings is 1. The van der Waals surface area contributed by atoms with Crippen molar-refractivity contribution in [2.45, 2.75) is 29.8 Å². The molecule has 0 saturated heterocycles. The number of fused-ring (bicyclic) bond motifs is 3. The van der Waals surface area contributed by atoms with Crippen LogP contribution in [0.4, 0.5) is 0 Å². The number of aryl methyl sites for hydroxylation is 1. The van der Waals surface area contributed by atoms with Crippen molar-refractivity contribution >= 4 is 0 Å². The van der Waals surface area contributed by atoms with Gasteiger partial charge in [-0.05, 0) is 29.3 Å². The Morgan fingerprint density at radius 2 is 1.90 bits per heavy atom. The molecule has 198 valence electrons. The zero-order valence-corrected chi connectivity index (χ0v) is 21.7. The molecule has 2 aromatic carbocycles. The fourth-order valence-electron chi connectivity index (χ4n) is 6.49. The van der Waals surface area contributed by atoms with Gasteiger partial charge in [0.05, 0.1) is 48.5 Å². The van der Waals surface area contributed by atoms with Crippen LogP contribution in [-0.4, -0.2) is 44.7 Å². The minimum absolute atomic E-state index is 0.333. The number of ether oxygens (including phenoxy) is 2. The van der Waals surface area contributed by atoms with E-state index in [1.54, 1.807) is 41.3 Å². The number of aliphatic hydroxyl groups is 2. The van der Waals surface area contributed by atoms with E-state index in [1.165, 1.54) is 13.3 Å². The van der Waals surface area contributed by atoms with E-state index in [4.69, 9.17) is 9.47 Å². The molecule has 9 heteroatoms. The Kier molecular flexibility index (Phi) is 6.11. The molecule has 39 heavy (non-hydrogen) atoms. The van der Waals surface area contributed by atoms with E-state index < -0.39 is 29.1 Å². The molecule has 9 nitrogen and oxygen atoms in total. The summed E-state index contributed by atoms with van der Waals surface area (Å²) >= 11 is 0. The lowest BCUT2D eigenvalue weighted by atomic mass is 9.70. The first kappa shape index (κ1) is 25.1. The Bertz CT molecular complexity index is 1530. The van der Waals surface area contributed by atoms with Gasteiger partial charge in [0.1, 0.15) is 11.5 Å². The van der Waals surface area contributed by atoms with Crippen LogP contribution in [0.15, 0.2) is 79.3 Å². The highest BCUT2D eigenvalue weighted by Gasteiger charge is 2.76. The van der Waals surface area contributed by atoms with Crippen LogP contribution in [0.3, 0.4) is 0 Å². The van der Waals surface area contributed by atoms with Crippen molar-refractivity contribution in [3.8, 4) is 17.6 Å². The lowest BCUT2D eigenvalue weighted by Crippen LogP contribution is -2.52. The molecule has 0 unspecified atom stereocenters. The second kappa shape index (κ2) is 9.50. The van der Waals surface area contributed by atoms with Gasteiger partial charge in [-0.15, -0.1) is 0 Å². The van der Waals surface area contributed by atoms with E-state index in [0.717, 1.165) is 11.3 Å². The maximum absolute atomic E-state index is 12.8. The highest BCUT2D eigenvalue weighted by molar-refractivity contribution is 5.59. The predicted molar refractivity (Wildman–Crippen MR) is 142 cm³/mol. The number of rotatable bonds is 7. The standard InChI is InChI=1S/C30H29N5O4/c1-35-22(12-13-34-35)15-32-16-23-26(20-6-4-3-5-7-20)30(21-10-8-19(14-31)9-11-21)29(37,28(23)36)27-24(38-2)17-33-18-25(27)39-30/h3-13,17-18,23,26,28,32,36-37H,15-16H2,1-2H3/t23-,26-,28-,29+,30+/m1/s1. The number of methoxy groups -OCH3 is 1. The summed E-state index contributed by atoms with van der Waals surface area (Å²) in [6.45, 7) is 0.923. The molecule has 0 radical (unpaired) electrons. The maximum atomic E-state index is 12.8. The normalized spacial score (nSPS) is 26.9. The number of nitriles is 1. The summed E-state index contributed by atoms with van der Waals surface area (Å²) < 4.78 is 14.2. The number of nitrogens with zero attached hydrogens (tertiary/aromatic N) is 4. The Balaban J connectivity index is 1.54. The first-order valence-electron chi connectivity index (χ1n) is 12.8. The van der Waals surface area contributed by atoms with Gasteiger partial charge in [-0.25, -0.2) is 0 Å². The molecule has 3 heterocycles. The Morgan fingerprint density at radius 3 is 2.56 bits per heavy atom. The van der Waals surface area contributed by atoms with Gasteiger partial charge in [-0.3, -0.25) is 9.67 Å². The van der Waals surface area contributed by atoms with Crippen LogP contribution in [-0.2, 0) is 24.8 Å². The fraction of sp³-hybridized carbons (Fsp3) is 0.300. The SMILES string of the molecule is COc1cncc2c1[C@]1(O)[C@H](O)[C@H](CNCc3ccnn3C)[C@@H](c3ccccc3)[C@]1(c1ccc(C#N)cc1)O2. The van der Waals surface area contributed by atoms with Crippen LogP contribution >= 0.6 is 0 Å². The topological polar surface area (TPSA) is 125 Å². The Hall–Kier alpha value is -4.23. The second-order valence-corrected chi connectivity index (χ2v) is 10.1. The summed E-state index contributed by atoms with van der Waals surface area (Å²) in [5.41, 5.74) is 0.0789. The zero-order chi connectivity index (χ0) is 27.2. The molecule has 5 atom stereocenters. The third kappa shape index (κ3) is 3.57. The molecular formula is C30H29N5O4. The van der Waals surface area contributed by atoms with Gasteiger partial charge in [-0.2, -0.15) is 10.4 Å². The number of hydrogen-bond acceptors (Lipinski definition) is 8. The molecule has 6 rings (SSSR count). The summed E-state index contributed by atoms with van der Waals surface area (Å²) in [6, 6.07) is 20.9. The fourth-order valence-corrected chi connectivity index (χ4v) is 6.49. The molecule has 1 aliphatic carbocycles. The molecule has 0 spiro atoms. The van der Waals surface area contributed by atoms with Gasteiger partial charge in [0, 0.05) is 38.2 Å². The van der Waals surface area contributed by atoms with Crippen molar-refractivity contribution in [3.05, 3.63) is 107 Å². The van der Waals surface area contributed by atoms with Gasteiger partial charge >= 0.3 is 0 Å². The second-order valence-electron chi connectivity index (χ2n) is 10.1. The molecule has 4 aromatic rings. The van der Waals surface area contributed by atoms with Crippen molar-refractivity contribution in [3.63, 3.8) is 0 Å². The summed E-state index contributed by atoms with van der Waals surface area (Å²) in [6.07, 6.45) is 3.57. The van der Waals surface area contributed by atoms with E-state index in [1.807, 2.05) is 43.4 Å². The summed E-state index contributed by atoms with van der Waals surface area (Å²) in [7, 11) is 3.39. The van der Waals surface area contributed by atoms with Gasteiger partial charge in [0.15, 0.2) is 11.2 Å². The summed E-state index contributed by atoms with van der Waals surface area (Å²) in [4.78, 5) is 4.26. The number of benzene rings is 2. The van der Waals surface area contributed by atoms with Crippen LogP contribution in [0.5, 0.6) is 11.5 Å². The minimum atomic E-state index is -1.88. The predicted octanol–water partition coefficient (Wildman–Crippen LogP) is 2.74. The minimum Gasteiger partial charge on any atom is -0.495 e. The Morgan fingerprint density at radius 1 is 1.13 bits per heavy atom. The number of nitrogens with one attached hydrogen (secondary N) is 1. The first-order chi connectivity index (χ1) is 19.0. The quantitative estimate of drug-likeness (QED) is 0.338. The molecule has 1 fully saturated rings.